The maximum absolute atomic E-state index is 6.45. The molecule has 0 saturated heterocycles. The van der Waals surface area contributed by atoms with Crippen molar-refractivity contribution < 1.29 is 4.42 Å². The van der Waals surface area contributed by atoms with E-state index in [9.17, 15) is 0 Å². The first-order chi connectivity index (χ1) is 24.3. The van der Waals surface area contributed by atoms with Crippen molar-refractivity contribution in [2.45, 2.75) is 0 Å². The number of rotatable bonds is 4. The van der Waals surface area contributed by atoms with E-state index in [0.29, 0.717) is 0 Å². The maximum atomic E-state index is 6.45. The molecule has 1 aromatic heterocycles. The summed E-state index contributed by atoms with van der Waals surface area (Å²) in [6.45, 7) is 0. The van der Waals surface area contributed by atoms with Gasteiger partial charge in [0, 0.05) is 10.8 Å². The lowest BCUT2D eigenvalue weighted by Gasteiger charge is -2.20. The fourth-order valence-electron chi connectivity index (χ4n) is 7.89. The van der Waals surface area contributed by atoms with Gasteiger partial charge in [-0.2, -0.15) is 0 Å². The van der Waals surface area contributed by atoms with Gasteiger partial charge >= 0.3 is 0 Å². The van der Waals surface area contributed by atoms with Crippen LogP contribution in [0.4, 0.5) is 0 Å². The van der Waals surface area contributed by atoms with E-state index in [1.165, 1.54) is 76.8 Å². The third kappa shape index (κ3) is 4.40. The molecular formula is C48H30O. The molecule has 228 valence electrons. The largest absolute Gasteiger partial charge is 0.456 e. The van der Waals surface area contributed by atoms with E-state index in [1.807, 2.05) is 0 Å². The zero-order valence-electron chi connectivity index (χ0n) is 26.7. The van der Waals surface area contributed by atoms with Crippen LogP contribution in [0.5, 0.6) is 0 Å². The molecule has 0 aliphatic rings. The van der Waals surface area contributed by atoms with Gasteiger partial charge in [-0.1, -0.05) is 158 Å². The molecule has 0 atom stereocenters. The molecule has 0 bridgehead atoms. The van der Waals surface area contributed by atoms with E-state index < -0.39 is 0 Å². The van der Waals surface area contributed by atoms with Crippen LogP contribution in [0.3, 0.4) is 0 Å². The van der Waals surface area contributed by atoms with Crippen molar-refractivity contribution in [3.63, 3.8) is 0 Å². The molecule has 10 aromatic rings. The standard InChI is InChI=1S/C48H30O/c1-2-14-31(15-3-1)36-20-6-7-21-38(36)47-41-24-10-8-22-39(41)46(40-23-9-11-25-42(40)47)35-19-12-18-34(28-35)37-26-13-27-44-48(37)43-29-32-16-4-5-17-33(32)30-45(43)49-44/h1-30H. The summed E-state index contributed by atoms with van der Waals surface area (Å²) in [5.74, 6) is 0. The van der Waals surface area contributed by atoms with Gasteiger partial charge in [-0.25, -0.2) is 0 Å². The van der Waals surface area contributed by atoms with Crippen LogP contribution >= 0.6 is 0 Å². The molecular weight excluding hydrogens is 593 g/mol. The molecule has 0 spiro atoms. The maximum Gasteiger partial charge on any atom is 0.136 e. The molecule has 0 aliphatic heterocycles. The third-order valence-electron chi connectivity index (χ3n) is 10.0. The molecule has 10 rings (SSSR count). The Hall–Kier alpha value is -6.44. The van der Waals surface area contributed by atoms with Crippen LogP contribution in [0, 0.1) is 0 Å². The van der Waals surface area contributed by atoms with Crippen molar-refractivity contribution in [3.05, 3.63) is 182 Å². The third-order valence-corrected chi connectivity index (χ3v) is 10.0. The molecule has 0 amide bonds. The number of hydrogen-bond acceptors (Lipinski definition) is 1. The van der Waals surface area contributed by atoms with Crippen molar-refractivity contribution in [2.75, 3.05) is 0 Å². The highest BCUT2D eigenvalue weighted by Crippen LogP contribution is 2.47. The van der Waals surface area contributed by atoms with Crippen molar-refractivity contribution >= 4 is 54.3 Å². The topological polar surface area (TPSA) is 13.1 Å². The fraction of sp³-hybridized carbons (Fsp3) is 0. The van der Waals surface area contributed by atoms with Gasteiger partial charge in [-0.3, -0.25) is 0 Å². The summed E-state index contributed by atoms with van der Waals surface area (Å²) in [5, 5.41) is 9.69. The Labute approximate surface area is 284 Å². The molecule has 0 radical (unpaired) electrons. The van der Waals surface area contributed by atoms with Gasteiger partial charge in [0.1, 0.15) is 11.2 Å². The minimum atomic E-state index is 0.908. The average molecular weight is 623 g/mol. The lowest BCUT2D eigenvalue weighted by molar-refractivity contribution is 0.669. The van der Waals surface area contributed by atoms with E-state index in [2.05, 4.69) is 182 Å². The second-order valence-corrected chi connectivity index (χ2v) is 12.8. The molecule has 1 nitrogen and oxygen atoms in total. The molecule has 0 unspecified atom stereocenters. The lowest BCUT2D eigenvalue weighted by atomic mass is 9.83. The van der Waals surface area contributed by atoms with Crippen LogP contribution in [-0.2, 0) is 0 Å². The van der Waals surface area contributed by atoms with Crippen LogP contribution in [0.25, 0.3) is 98.8 Å². The second-order valence-electron chi connectivity index (χ2n) is 12.8. The van der Waals surface area contributed by atoms with Crippen LogP contribution in [-0.4, -0.2) is 0 Å². The highest BCUT2D eigenvalue weighted by Gasteiger charge is 2.20. The van der Waals surface area contributed by atoms with Crippen LogP contribution in [0.2, 0.25) is 0 Å². The van der Waals surface area contributed by atoms with E-state index in [0.717, 1.165) is 21.9 Å². The summed E-state index contributed by atoms with van der Waals surface area (Å²) in [5.41, 5.74) is 11.6. The summed E-state index contributed by atoms with van der Waals surface area (Å²) in [6.07, 6.45) is 0. The Morgan fingerprint density at radius 1 is 0.286 bits per heavy atom. The highest BCUT2D eigenvalue weighted by molar-refractivity contribution is 6.23. The van der Waals surface area contributed by atoms with Gasteiger partial charge in [0.2, 0.25) is 0 Å². The zero-order chi connectivity index (χ0) is 32.3. The van der Waals surface area contributed by atoms with Gasteiger partial charge in [0.05, 0.1) is 0 Å². The summed E-state index contributed by atoms with van der Waals surface area (Å²) in [6, 6.07) is 65.8. The molecule has 1 heteroatoms. The van der Waals surface area contributed by atoms with Crippen molar-refractivity contribution in [1.29, 1.82) is 0 Å². The normalized spacial score (nSPS) is 11.7. The highest BCUT2D eigenvalue weighted by atomic mass is 16.3. The van der Waals surface area contributed by atoms with Crippen LogP contribution in [0.15, 0.2) is 186 Å². The molecule has 49 heavy (non-hydrogen) atoms. The Bertz CT molecular complexity index is 2820. The second kappa shape index (κ2) is 11.1. The first-order valence-corrected chi connectivity index (χ1v) is 16.8. The SMILES string of the molecule is c1ccc(-c2ccccc2-c2c3ccccc3c(-c3cccc(-c4cccc5oc6cc7ccccc7cc6c45)c3)c3ccccc23)cc1. The van der Waals surface area contributed by atoms with Gasteiger partial charge in [0.15, 0.2) is 0 Å². The van der Waals surface area contributed by atoms with Gasteiger partial charge < -0.3 is 4.42 Å². The molecule has 9 aromatic carbocycles. The molecule has 1 heterocycles. The molecule has 0 saturated carbocycles. The molecule has 0 N–H and O–H groups in total. The van der Waals surface area contributed by atoms with Gasteiger partial charge in [-0.05, 0) is 101 Å². The zero-order valence-corrected chi connectivity index (χ0v) is 26.7. The minimum Gasteiger partial charge on any atom is -0.456 e. The number of benzene rings is 9. The van der Waals surface area contributed by atoms with Crippen LogP contribution < -0.4 is 0 Å². The predicted octanol–water partition coefficient (Wildman–Crippen LogP) is 13.7. The first-order valence-electron chi connectivity index (χ1n) is 16.8. The Kier molecular flexibility index (Phi) is 6.25. The molecule has 0 aliphatic carbocycles. The quantitative estimate of drug-likeness (QED) is 0.178. The summed E-state index contributed by atoms with van der Waals surface area (Å²) < 4.78 is 6.45. The van der Waals surface area contributed by atoms with E-state index in [-0.39, 0.29) is 0 Å². The number of furan rings is 1. The lowest BCUT2D eigenvalue weighted by Crippen LogP contribution is -1.93. The average Bonchev–Trinajstić information content (AvgIpc) is 3.54. The Balaban J connectivity index is 1.23. The van der Waals surface area contributed by atoms with Crippen molar-refractivity contribution in [1.82, 2.24) is 0 Å². The summed E-state index contributed by atoms with van der Waals surface area (Å²) >= 11 is 0. The number of hydrogen-bond donors (Lipinski definition) is 0. The van der Waals surface area contributed by atoms with Gasteiger partial charge in [-0.15, -0.1) is 0 Å². The summed E-state index contributed by atoms with van der Waals surface area (Å²) in [4.78, 5) is 0. The number of fused-ring (bicyclic) bond motifs is 6. The summed E-state index contributed by atoms with van der Waals surface area (Å²) in [7, 11) is 0. The van der Waals surface area contributed by atoms with Crippen molar-refractivity contribution in [2.24, 2.45) is 0 Å². The van der Waals surface area contributed by atoms with Gasteiger partial charge in [0.25, 0.3) is 0 Å². The minimum absolute atomic E-state index is 0.908. The van der Waals surface area contributed by atoms with E-state index in [4.69, 9.17) is 4.42 Å². The first kappa shape index (κ1) is 27.7. The van der Waals surface area contributed by atoms with Crippen molar-refractivity contribution in [3.8, 4) is 44.5 Å². The van der Waals surface area contributed by atoms with E-state index >= 15 is 0 Å². The van der Waals surface area contributed by atoms with Crippen LogP contribution in [0.1, 0.15) is 0 Å². The smallest absolute Gasteiger partial charge is 0.136 e. The Morgan fingerprint density at radius 2 is 0.816 bits per heavy atom. The Morgan fingerprint density at radius 3 is 1.55 bits per heavy atom. The van der Waals surface area contributed by atoms with E-state index in [1.54, 1.807) is 0 Å². The molecule has 0 fully saturated rings. The predicted molar refractivity (Wildman–Crippen MR) is 208 cm³/mol. The fourth-order valence-corrected chi connectivity index (χ4v) is 7.89. The monoisotopic (exact) mass is 622 g/mol.